The molecule has 2 heterocycles. The van der Waals surface area contributed by atoms with Gasteiger partial charge < -0.3 is 15.7 Å². The van der Waals surface area contributed by atoms with E-state index in [0.29, 0.717) is 18.1 Å². The highest BCUT2D eigenvalue weighted by Crippen LogP contribution is 2.26. The number of hydrogen-bond acceptors (Lipinski definition) is 5. The lowest BCUT2D eigenvalue weighted by Gasteiger charge is -2.08. The van der Waals surface area contributed by atoms with Crippen molar-refractivity contribution in [1.82, 2.24) is 10.3 Å². The summed E-state index contributed by atoms with van der Waals surface area (Å²) in [5.74, 6) is -0.141. The van der Waals surface area contributed by atoms with Gasteiger partial charge in [-0.2, -0.15) is 0 Å². The molecule has 0 saturated carbocycles. The lowest BCUT2D eigenvalue weighted by molar-refractivity contribution is -0.117. The highest BCUT2D eigenvalue weighted by Gasteiger charge is 2.28. The van der Waals surface area contributed by atoms with Crippen molar-refractivity contribution in [3.05, 3.63) is 34.7 Å². The zero-order valence-corrected chi connectivity index (χ0v) is 13.4. The zero-order chi connectivity index (χ0) is 15.7. The summed E-state index contributed by atoms with van der Waals surface area (Å²) in [6.07, 6.45) is -0.000510. The van der Waals surface area contributed by atoms with E-state index in [-0.39, 0.29) is 11.9 Å². The first kappa shape index (κ1) is 15.1. The van der Waals surface area contributed by atoms with E-state index in [9.17, 15) is 9.90 Å². The fraction of sp³-hybridized carbons (Fsp3) is 0.375. The number of carbonyl (C=O) groups excluding carboxylic acids is 1. The number of aryl methyl sites for hydroxylation is 2. The number of nitrogens with zero attached hydrogens (tertiary/aromatic N) is 1. The van der Waals surface area contributed by atoms with E-state index < -0.39 is 6.10 Å². The first-order valence-electron chi connectivity index (χ1n) is 7.28. The van der Waals surface area contributed by atoms with E-state index in [1.807, 2.05) is 11.4 Å². The van der Waals surface area contributed by atoms with Crippen LogP contribution in [0.15, 0.2) is 23.6 Å². The standard InChI is InChI=1S/C16H19N3O2S/c1-9-3-4-11(5-10(9)2)14-8-22-16(18-14)19-15(21)13-6-12(20)7-17-13/h3-5,8,12-13,17,20H,6-7H2,1-2H3,(H,18,19,21)/t12-,13+/m0/s1. The van der Waals surface area contributed by atoms with E-state index in [4.69, 9.17) is 0 Å². The van der Waals surface area contributed by atoms with Gasteiger partial charge in [0, 0.05) is 17.5 Å². The first-order valence-corrected chi connectivity index (χ1v) is 8.16. The minimum atomic E-state index is -0.446. The Morgan fingerprint density at radius 1 is 1.41 bits per heavy atom. The Balaban J connectivity index is 1.71. The van der Waals surface area contributed by atoms with E-state index in [1.165, 1.54) is 22.5 Å². The van der Waals surface area contributed by atoms with Crippen LogP contribution >= 0.6 is 11.3 Å². The predicted molar refractivity (Wildman–Crippen MR) is 88.1 cm³/mol. The van der Waals surface area contributed by atoms with Crippen LogP contribution in [0, 0.1) is 13.8 Å². The summed E-state index contributed by atoms with van der Waals surface area (Å²) in [5, 5.41) is 17.8. The van der Waals surface area contributed by atoms with Crippen LogP contribution in [-0.2, 0) is 4.79 Å². The Hall–Kier alpha value is -1.76. The SMILES string of the molecule is Cc1ccc(-c2csc(NC(=O)[C@H]3C[C@H](O)CN3)n2)cc1C. The Morgan fingerprint density at radius 2 is 2.23 bits per heavy atom. The van der Waals surface area contributed by atoms with Crippen LogP contribution in [0.25, 0.3) is 11.3 Å². The largest absolute Gasteiger partial charge is 0.392 e. The highest BCUT2D eigenvalue weighted by molar-refractivity contribution is 7.14. The molecule has 1 aromatic carbocycles. The third-order valence-electron chi connectivity index (χ3n) is 3.96. The van der Waals surface area contributed by atoms with Gasteiger partial charge in [-0.1, -0.05) is 12.1 Å². The molecule has 2 atom stereocenters. The van der Waals surface area contributed by atoms with Crippen molar-refractivity contribution in [2.75, 3.05) is 11.9 Å². The third kappa shape index (κ3) is 3.19. The van der Waals surface area contributed by atoms with Crippen molar-refractivity contribution < 1.29 is 9.90 Å². The van der Waals surface area contributed by atoms with Gasteiger partial charge in [0.05, 0.1) is 17.8 Å². The Labute approximate surface area is 133 Å². The fourth-order valence-electron chi connectivity index (χ4n) is 2.47. The summed E-state index contributed by atoms with van der Waals surface area (Å²) in [6, 6.07) is 5.87. The number of β-amino-alcohol motifs (C(OH)–C–C–N with tert-alkyl or cyclic N) is 1. The number of aromatic nitrogens is 1. The Kier molecular flexibility index (Phi) is 4.24. The summed E-state index contributed by atoms with van der Waals surface area (Å²) in [5.41, 5.74) is 4.38. The molecule has 0 aliphatic carbocycles. The summed E-state index contributed by atoms with van der Waals surface area (Å²) in [7, 11) is 0. The molecule has 1 aromatic heterocycles. The van der Waals surface area contributed by atoms with Crippen LogP contribution in [0.1, 0.15) is 17.5 Å². The monoisotopic (exact) mass is 317 g/mol. The molecular formula is C16H19N3O2S. The van der Waals surface area contributed by atoms with Crippen LogP contribution in [0.5, 0.6) is 0 Å². The first-order chi connectivity index (χ1) is 10.5. The average Bonchev–Trinajstić information content (AvgIpc) is 3.11. The van der Waals surface area contributed by atoms with Gasteiger partial charge in [-0.25, -0.2) is 4.98 Å². The third-order valence-corrected chi connectivity index (χ3v) is 4.72. The second-order valence-electron chi connectivity index (χ2n) is 5.68. The van der Waals surface area contributed by atoms with Gasteiger partial charge in [-0.3, -0.25) is 4.79 Å². The normalized spacial score (nSPS) is 21.0. The van der Waals surface area contributed by atoms with Gasteiger partial charge in [0.15, 0.2) is 5.13 Å². The number of aliphatic hydroxyl groups excluding tert-OH is 1. The molecule has 1 aliphatic heterocycles. The van der Waals surface area contributed by atoms with Gasteiger partial charge in [0.2, 0.25) is 5.91 Å². The number of carbonyl (C=O) groups is 1. The second kappa shape index (κ2) is 6.16. The molecule has 1 aliphatic rings. The number of thiazole rings is 1. The molecule has 2 aromatic rings. The van der Waals surface area contributed by atoms with Gasteiger partial charge in [0.1, 0.15) is 0 Å². The van der Waals surface area contributed by atoms with Crippen LogP contribution in [-0.4, -0.2) is 34.7 Å². The number of nitrogens with one attached hydrogen (secondary N) is 2. The average molecular weight is 317 g/mol. The second-order valence-corrected chi connectivity index (χ2v) is 6.53. The van der Waals surface area contributed by atoms with Crippen molar-refractivity contribution in [2.45, 2.75) is 32.4 Å². The summed E-state index contributed by atoms with van der Waals surface area (Å²) in [6.45, 7) is 4.61. The molecule has 6 heteroatoms. The van der Waals surface area contributed by atoms with E-state index >= 15 is 0 Å². The number of hydrogen-bond donors (Lipinski definition) is 3. The molecular weight excluding hydrogens is 298 g/mol. The van der Waals surface area contributed by atoms with Gasteiger partial charge in [-0.05, 0) is 37.5 Å². The number of amides is 1. The van der Waals surface area contributed by atoms with Crippen molar-refractivity contribution in [2.24, 2.45) is 0 Å². The van der Waals surface area contributed by atoms with E-state index in [0.717, 1.165) is 11.3 Å². The maximum absolute atomic E-state index is 12.1. The van der Waals surface area contributed by atoms with Gasteiger partial charge in [-0.15, -0.1) is 11.3 Å². The van der Waals surface area contributed by atoms with Gasteiger partial charge in [0.25, 0.3) is 0 Å². The molecule has 1 fully saturated rings. The number of benzene rings is 1. The van der Waals surface area contributed by atoms with Crippen LogP contribution in [0.3, 0.4) is 0 Å². The molecule has 22 heavy (non-hydrogen) atoms. The molecule has 3 N–H and O–H groups in total. The number of aliphatic hydroxyl groups is 1. The van der Waals surface area contributed by atoms with Crippen molar-refractivity contribution in [3.63, 3.8) is 0 Å². The molecule has 116 valence electrons. The fourth-order valence-corrected chi connectivity index (χ4v) is 3.20. The zero-order valence-electron chi connectivity index (χ0n) is 12.6. The van der Waals surface area contributed by atoms with E-state index in [2.05, 4.69) is 41.6 Å². The lowest BCUT2D eigenvalue weighted by atomic mass is 10.1. The topological polar surface area (TPSA) is 74.2 Å². The summed E-state index contributed by atoms with van der Waals surface area (Å²) >= 11 is 1.41. The minimum Gasteiger partial charge on any atom is -0.392 e. The molecule has 3 rings (SSSR count). The maximum atomic E-state index is 12.1. The highest BCUT2D eigenvalue weighted by atomic mass is 32.1. The predicted octanol–water partition coefficient (Wildman–Crippen LogP) is 2.09. The van der Waals surface area contributed by atoms with E-state index in [1.54, 1.807) is 0 Å². The maximum Gasteiger partial charge on any atom is 0.243 e. The smallest absolute Gasteiger partial charge is 0.243 e. The lowest BCUT2D eigenvalue weighted by Crippen LogP contribution is -2.35. The van der Waals surface area contributed by atoms with Crippen molar-refractivity contribution in [1.29, 1.82) is 0 Å². The Bertz CT molecular complexity index is 698. The summed E-state index contributed by atoms with van der Waals surface area (Å²) < 4.78 is 0. The Morgan fingerprint density at radius 3 is 2.91 bits per heavy atom. The molecule has 1 saturated heterocycles. The van der Waals surface area contributed by atoms with Crippen LogP contribution in [0.2, 0.25) is 0 Å². The molecule has 0 spiro atoms. The molecule has 0 radical (unpaired) electrons. The van der Waals surface area contributed by atoms with Crippen LogP contribution < -0.4 is 10.6 Å². The number of rotatable bonds is 3. The van der Waals surface area contributed by atoms with Gasteiger partial charge >= 0.3 is 0 Å². The number of anilines is 1. The quantitative estimate of drug-likeness (QED) is 0.810. The minimum absolute atomic E-state index is 0.141. The molecule has 0 bridgehead atoms. The molecule has 0 unspecified atom stereocenters. The summed E-state index contributed by atoms with van der Waals surface area (Å²) in [4.78, 5) is 16.6. The van der Waals surface area contributed by atoms with Crippen molar-refractivity contribution in [3.8, 4) is 11.3 Å². The molecule has 5 nitrogen and oxygen atoms in total. The van der Waals surface area contributed by atoms with Crippen LogP contribution in [0.4, 0.5) is 5.13 Å². The van der Waals surface area contributed by atoms with Crippen molar-refractivity contribution >= 4 is 22.4 Å². The molecule has 1 amide bonds.